The van der Waals surface area contributed by atoms with Crippen molar-refractivity contribution in [2.45, 2.75) is 18.8 Å². The summed E-state index contributed by atoms with van der Waals surface area (Å²) in [5, 5.41) is 3.22. The average Bonchev–Trinajstić information content (AvgIpc) is 2.29. The summed E-state index contributed by atoms with van der Waals surface area (Å²) in [4.78, 5) is 0. The number of rotatable bonds is 2. The molecule has 4 heteroatoms. The molecule has 88 valence electrons. The zero-order valence-corrected chi connectivity index (χ0v) is 9.22. The summed E-state index contributed by atoms with van der Waals surface area (Å²) in [6, 6.07) is 2.18. The van der Waals surface area contributed by atoms with Crippen molar-refractivity contribution >= 4 is 0 Å². The van der Waals surface area contributed by atoms with E-state index in [1.807, 2.05) is 0 Å². The molecule has 0 amide bonds. The quantitative estimate of drug-likeness (QED) is 0.837. The zero-order chi connectivity index (χ0) is 11.5. The van der Waals surface area contributed by atoms with E-state index < -0.39 is 11.6 Å². The molecule has 0 bridgehead atoms. The van der Waals surface area contributed by atoms with E-state index in [4.69, 9.17) is 4.74 Å². The summed E-state index contributed by atoms with van der Waals surface area (Å²) in [7, 11) is 1.44. The Balaban J connectivity index is 2.37. The normalized spacial score (nSPS) is 17.4. The van der Waals surface area contributed by atoms with Crippen LogP contribution in [0.25, 0.3) is 0 Å². The molecule has 1 saturated heterocycles. The number of hydrogen-bond acceptors (Lipinski definition) is 2. The third-order valence-electron chi connectivity index (χ3n) is 3.02. The Bertz CT molecular complexity index is 376. The first-order valence-electron chi connectivity index (χ1n) is 5.46. The lowest BCUT2D eigenvalue weighted by Gasteiger charge is -2.24. The highest BCUT2D eigenvalue weighted by molar-refractivity contribution is 5.38. The second-order valence-electron chi connectivity index (χ2n) is 4.03. The van der Waals surface area contributed by atoms with Gasteiger partial charge >= 0.3 is 0 Å². The molecule has 0 aliphatic carbocycles. The molecule has 1 N–H and O–H groups in total. The minimum absolute atomic E-state index is 0.122. The van der Waals surface area contributed by atoms with Gasteiger partial charge in [0.15, 0.2) is 0 Å². The van der Waals surface area contributed by atoms with Gasteiger partial charge < -0.3 is 10.1 Å². The lowest BCUT2D eigenvalue weighted by atomic mass is 9.89. The van der Waals surface area contributed by atoms with Crippen LogP contribution < -0.4 is 10.1 Å². The van der Waals surface area contributed by atoms with Gasteiger partial charge in [-0.15, -0.1) is 0 Å². The highest BCUT2D eigenvalue weighted by Crippen LogP contribution is 2.35. The molecule has 0 radical (unpaired) electrons. The number of benzene rings is 1. The lowest BCUT2D eigenvalue weighted by Crippen LogP contribution is -2.27. The standard InChI is InChI=1S/C12H15F2NO/c1-16-11-7-9(13)6-10(14)12(11)8-2-4-15-5-3-8/h6-8,15H,2-5H2,1H3. The molecule has 2 nitrogen and oxygen atoms in total. The Morgan fingerprint density at radius 3 is 2.56 bits per heavy atom. The van der Waals surface area contributed by atoms with E-state index in [9.17, 15) is 8.78 Å². The lowest BCUT2D eigenvalue weighted by molar-refractivity contribution is 0.377. The summed E-state index contributed by atoms with van der Waals surface area (Å²) >= 11 is 0. The first-order valence-corrected chi connectivity index (χ1v) is 5.46. The summed E-state index contributed by atoms with van der Waals surface area (Å²) in [5.74, 6) is -0.642. The number of hydrogen-bond donors (Lipinski definition) is 1. The maximum absolute atomic E-state index is 13.7. The van der Waals surface area contributed by atoms with Gasteiger partial charge in [-0.05, 0) is 31.8 Å². The van der Waals surface area contributed by atoms with Crippen LogP contribution in [0.2, 0.25) is 0 Å². The highest BCUT2D eigenvalue weighted by atomic mass is 19.1. The predicted octanol–water partition coefficient (Wildman–Crippen LogP) is 2.44. The maximum atomic E-state index is 13.7. The summed E-state index contributed by atoms with van der Waals surface area (Å²) < 4.78 is 31.8. The molecule has 0 atom stereocenters. The van der Waals surface area contributed by atoms with Crippen LogP contribution in [-0.2, 0) is 0 Å². The highest BCUT2D eigenvalue weighted by Gasteiger charge is 2.23. The van der Waals surface area contributed by atoms with E-state index in [1.54, 1.807) is 0 Å². The van der Waals surface area contributed by atoms with Crippen LogP contribution in [-0.4, -0.2) is 20.2 Å². The van der Waals surface area contributed by atoms with Crippen molar-refractivity contribution in [2.24, 2.45) is 0 Å². The van der Waals surface area contributed by atoms with E-state index in [0.29, 0.717) is 11.3 Å². The van der Waals surface area contributed by atoms with Gasteiger partial charge in [-0.25, -0.2) is 8.78 Å². The van der Waals surface area contributed by atoms with Crippen molar-refractivity contribution < 1.29 is 13.5 Å². The SMILES string of the molecule is COc1cc(F)cc(F)c1C1CCNCC1. The molecule has 1 heterocycles. The predicted molar refractivity (Wildman–Crippen MR) is 57.8 cm³/mol. The Morgan fingerprint density at radius 1 is 1.25 bits per heavy atom. The van der Waals surface area contributed by atoms with Crippen LogP contribution >= 0.6 is 0 Å². The molecule has 1 fully saturated rings. The third kappa shape index (κ3) is 2.16. The Morgan fingerprint density at radius 2 is 1.94 bits per heavy atom. The Labute approximate surface area is 93.6 Å². The van der Waals surface area contributed by atoms with Crippen LogP contribution in [0.15, 0.2) is 12.1 Å². The third-order valence-corrected chi connectivity index (χ3v) is 3.02. The summed E-state index contributed by atoms with van der Waals surface area (Å²) in [5.41, 5.74) is 0.519. The van der Waals surface area contributed by atoms with Crippen molar-refractivity contribution in [1.82, 2.24) is 5.32 Å². The molecule has 0 saturated carbocycles. The molecule has 1 aromatic carbocycles. The minimum Gasteiger partial charge on any atom is -0.496 e. The fraction of sp³-hybridized carbons (Fsp3) is 0.500. The van der Waals surface area contributed by atoms with Crippen LogP contribution in [0.1, 0.15) is 24.3 Å². The van der Waals surface area contributed by atoms with Crippen LogP contribution in [0.4, 0.5) is 8.78 Å². The van der Waals surface area contributed by atoms with Crippen molar-refractivity contribution in [3.05, 3.63) is 29.3 Å². The van der Waals surface area contributed by atoms with Gasteiger partial charge in [0.1, 0.15) is 17.4 Å². The molecule has 2 rings (SSSR count). The number of piperidine rings is 1. The molecule has 0 aromatic heterocycles. The van der Waals surface area contributed by atoms with Crippen molar-refractivity contribution in [3.63, 3.8) is 0 Å². The molecule has 16 heavy (non-hydrogen) atoms. The zero-order valence-electron chi connectivity index (χ0n) is 9.22. The monoisotopic (exact) mass is 227 g/mol. The van der Waals surface area contributed by atoms with Gasteiger partial charge in [0.2, 0.25) is 0 Å². The largest absolute Gasteiger partial charge is 0.496 e. The molecule has 1 aromatic rings. The van der Waals surface area contributed by atoms with Crippen LogP contribution in [0.5, 0.6) is 5.75 Å². The van der Waals surface area contributed by atoms with Gasteiger partial charge in [0.25, 0.3) is 0 Å². The number of ether oxygens (including phenoxy) is 1. The molecule has 0 spiro atoms. The van der Waals surface area contributed by atoms with Crippen molar-refractivity contribution in [3.8, 4) is 5.75 Å². The fourth-order valence-electron chi connectivity index (χ4n) is 2.24. The van der Waals surface area contributed by atoms with Gasteiger partial charge in [0, 0.05) is 17.7 Å². The van der Waals surface area contributed by atoms with Crippen molar-refractivity contribution in [2.75, 3.05) is 20.2 Å². The number of halogens is 2. The molecule has 1 aliphatic rings. The first-order chi connectivity index (χ1) is 7.72. The van der Waals surface area contributed by atoms with Crippen molar-refractivity contribution in [1.29, 1.82) is 0 Å². The minimum atomic E-state index is -0.591. The van der Waals surface area contributed by atoms with E-state index in [2.05, 4.69) is 5.32 Å². The number of methoxy groups -OCH3 is 1. The van der Waals surface area contributed by atoms with E-state index in [1.165, 1.54) is 13.2 Å². The first kappa shape index (κ1) is 11.3. The van der Waals surface area contributed by atoms with Crippen LogP contribution in [0.3, 0.4) is 0 Å². The second-order valence-corrected chi connectivity index (χ2v) is 4.03. The van der Waals surface area contributed by atoms with Gasteiger partial charge in [0.05, 0.1) is 7.11 Å². The van der Waals surface area contributed by atoms with Gasteiger partial charge in [-0.3, -0.25) is 0 Å². The van der Waals surface area contributed by atoms with E-state index >= 15 is 0 Å². The van der Waals surface area contributed by atoms with E-state index in [0.717, 1.165) is 32.0 Å². The summed E-state index contributed by atoms with van der Waals surface area (Å²) in [6.45, 7) is 1.73. The molecular formula is C12H15F2NO. The number of nitrogens with one attached hydrogen (secondary N) is 1. The molecule has 1 aliphatic heterocycles. The Kier molecular flexibility index (Phi) is 3.39. The smallest absolute Gasteiger partial charge is 0.133 e. The second kappa shape index (κ2) is 4.78. The van der Waals surface area contributed by atoms with Gasteiger partial charge in [-0.2, -0.15) is 0 Å². The topological polar surface area (TPSA) is 21.3 Å². The molecular weight excluding hydrogens is 212 g/mol. The van der Waals surface area contributed by atoms with E-state index in [-0.39, 0.29) is 5.92 Å². The summed E-state index contributed by atoms with van der Waals surface area (Å²) in [6.07, 6.45) is 1.72. The maximum Gasteiger partial charge on any atom is 0.133 e. The Hall–Kier alpha value is -1.16. The fourth-order valence-corrected chi connectivity index (χ4v) is 2.24. The molecule has 0 unspecified atom stereocenters. The van der Waals surface area contributed by atoms with Crippen LogP contribution in [0, 0.1) is 11.6 Å². The average molecular weight is 227 g/mol. The van der Waals surface area contributed by atoms with Gasteiger partial charge in [-0.1, -0.05) is 0 Å².